The Morgan fingerprint density at radius 3 is 2.71 bits per heavy atom. The van der Waals surface area contributed by atoms with Gasteiger partial charge in [0.1, 0.15) is 23.4 Å². The van der Waals surface area contributed by atoms with E-state index in [0.717, 1.165) is 0 Å². The summed E-state index contributed by atoms with van der Waals surface area (Å²) < 4.78 is 18.7. The number of halogens is 1. The Kier molecular flexibility index (Phi) is 4.41. The molecule has 1 atom stereocenters. The number of ether oxygens (including phenoxy) is 1. The maximum absolute atomic E-state index is 12.9. The molecule has 1 aromatic carbocycles. The van der Waals surface area contributed by atoms with Crippen molar-refractivity contribution in [3.8, 4) is 5.75 Å². The predicted molar refractivity (Wildman–Crippen MR) is 84.1 cm³/mol. The summed E-state index contributed by atoms with van der Waals surface area (Å²) in [4.78, 5) is 29.5. The minimum atomic E-state index is -0.739. The molecule has 0 radical (unpaired) electrons. The van der Waals surface area contributed by atoms with Crippen LogP contribution in [0, 0.1) is 5.82 Å². The third-order valence-corrected chi connectivity index (χ3v) is 3.82. The lowest BCUT2D eigenvalue weighted by atomic mass is 10.1. The standard InChI is InChI=1S/C17H16FN3O3/c18-11-3-5-12(6-4-11)24-13-7-9-21(10-13)17(23)14-2-1-8-20-15(14)16(19)22/h1-6,8,13H,7,9-10H2,(H2,19,22). The summed E-state index contributed by atoms with van der Waals surface area (Å²) in [7, 11) is 0. The van der Waals surface area contributed by atoms with E-state index in [4.69, 9.17) is 10.5 Å². The molecule has 2 amide bonds. The van der Waals surface area contributed by atoms with E-state index in [9.17, 15) is 14.0 Å². The highest BCUT2D eigenvalue weighted by atomic mass is 19.1. The number of carbonyl (C=O) groups excluding carboxylic acids is 2. The van der Waals surface area contributed by atoms with Crippen LogP contribution >= 0.6 is 0 Å². The Bertz CT molecular complexity index is 764. The summed E-state index contributed by atoms with van der Waals surface area (Å²) in [5.41, 5.74) is 5.42. The van der Waals surface area contributed by atoms with Crippen molar-refractivity contribution in [2.75, 3.05) is 13.1 Å². The normalized spacial score (nSPS) is 16.9. The number of aromatic nitrogens is 1. The Hall–Kier alpha value is -2.96. The monoisotopic (exact) mass is 329 g/mol. The number of nitrogens with two attached hydrogens (primary N) is 1. The second-order valence-electron chi connectivity index (χ2n) is 5.50. The average Bonchev–Trinajstić information content (AvgIpc) is 3.05. The first kappa shape index (κ1) is 15.9. The fourth-order valence-electron chi connectivity index (χ4n) is 2.66. The molecule has 1 aromatic heterocycles. The molecule has 124 valence electrons. The van der Waals surface area contributed by atoms with Gasteiger partial charge in [-0.1, -0.05) is 0 Å². The zero-order valence-electron chi connectivity index (χ0n) is 12.8. The molecule has 2 aromatic rings. The Labute approximate surface area is 138 Å². The van der Waals surface area contributed by atoms with Crippen molar-refractivity contribution < 1.29 is 18.7 Å². The molecule has 1 fully saturated rings. The number of hydrogen-bond acceptors (Lipinski definition) is 4. The van der Waals surface area contributed by atoms with Gasteiger partial charge in [-0.15, -0.1) is 0 Å². The molecule has 7 heteroatoms. The largest absolute Gasteiger partial charge is 0.489 e. The van der Waals surface area contributed by atoms with Crippen LogP contribution in [-0.4, -0.2) is 40.9 Å². The van der Waals surface area contributed by atoms with Gasteiger partial charge in [0.05, 0.1) is 12.1 Å². The molecule has 6 nitrogen and oxygen atoms in total. The second-order valence-corrected chi connectivity index (χ2v) is 5.50. The smallest absolute Gasteiger partial charge is 0.268 e. The molecule has 2 N–H and O–H groups in total. The quantitative estimate of drug-likeness (QED) is 0.923. The average molecular weight is 329 g/mol. The summed E-state index contributed by atoms with van der Waals surface area (Å²) >= 11 is 0. The first-order valence-electron chi connectivity index (χ1n) is 7.51. The van der Waals surface area contributed by atoms with E-state index in [2.05, 4.69) is 4.98 Å². The van der Waals surface area contributed by atoms with E-state index in [1.165, 1.54) is 24.4 Å². The zero-order valence-corrected chi connectivity index (χ0v) is 12.8. The van der Waals surface area contributed by atoms with Gasteiger partial charge < -0.3 is 15.4 Å². The highest BCUT2D eigenvalue weighted by Gasteiger charge is 2.30. The molecular weight excluding hydrogens is 313 g/mol. The first-order valence-corrected chi connectivity index (χ1v) is 7.51. The molecule has 24 heavy (non-hydrogen) atoms. The van der Waals surface area contributed by atoms with Crippen LogP contribution in [0.1, 0.15) is 27.3 Å². The van der Waals surface area contributed by atoms with Crippen LogP contribution in [0.5, 0.6) is 5.75 Å². The van der Waals surface area contributed by atoms with Gasteiger partial charge in [-0.25, -0.2) is 4.39 Å². The molecule has 1 aliphatic heterocycles. The number of rotatable bonds is 4. The van der Waals surface area contributed by atoms with Crippen LogP contribution < -0.4 is 10.5 Å². The Balaban J connectivity index is 1.68. The fraction of sp³-hybridized carbons (Fsp3) is 0.235. The van der Waals surface area contributed by atoms with E-state index >= 15 is 0 Å². The minimum Gasteiger partial charge on any atom is -0.489 e. The van der Waals surface area contributed by atoms with Gasteiger partial charge in [-0.05, 0) is 36.4 Å². The van der Waals surface area contributed by atoms with E-state index in [0.29, 0.717) is 25.3 Å². The minimum absolute atomic E-state index is 0.0367. The molecule has 0 spiro atoms. The number of nitrogens with zero attached hydrogens (tertiary/aromatic N) is 2. The highest BCUT2D eigenvalue weighted by molar-refractivity contribution is 6.05. The van der Waals surface area contributed by atoms with Crippen molar-refractivity contribution in [3.63, 3.8) is 0 Å². The lowest BCUT2D eigenvalue weighted by molar-refractivity contribution is 0.0766. The van der Waals surface area contributed by atoms with Crippen LogP contribution in [0.25, 0.3) is 0 Å². The van der Waals surface area contributed by atoms with Crippen LogP contribution in [0.2, 0.25) is 0 Å². The number of amides is 2. The first-order chi connectivity index (χ1) is 11.5. The Morgan fingerprint density at radius 2 is 2.00 bits per heavy atom. The third-order valence-electron chi connectivity index (χ3n) is 3.82. The maximum Gasteiger partial charge on any atom is 0.268 e. The molecule has 0 bridgehead atoms. The summed E-state index contributed by atoms with van der Waals surface area (Å²) in [6.45, 7) is 0.876. The topological polar surface area (TPSA) is 85.5 Å². The fourth-order valence-corrected chi connectivity index (χ4v) is 2.66. The van der Waals surface area contributed by atoms with Crippen LogP contribution in [-0.2, 0) is 0 Å². The van der Waals surface area contributed by atoms with Gasteiger partial charge in [0.25, 0.3) is 11.8 Å². The van der Waals surface area contributed by atoms with E-state index < -0.39 is 5.91 Å². The van der Waals surface area contributed by atoms with Crippen LogP contribution in [0.15, 0.2) is 42.6 Å². The second kappa shape index (κ2) is 6.66. The van der Waals surface area contributed by atoms with Crippen molar-refractivity contribution in [1.82, 2.24) is 9.88 Å². The van der Waals surface area contributed by atoms with Crippen LogP contribution in [0.4, 0.5) is 4.39 Å². The number of primary amides is 1. The van der Waals surface area contributed by atoms with E-state index in [1.54, 1.807) is 23.1 Å². The molecule has 0 saturated carbocycles. The molecule has 1 unspecified atom stereocenters. The van der Waals surface area contributed by atoms with Gasteiger partial charge in [0.2, 0.25) is 0 Å². The zero-order chi connectivity index (χ0) is 17.1. The lowest BCUT2D eigenvalue weighted by Crippen LogP contribution is -2.33. The van der Waals surface area contributed by atoms with Crippen LogP contribution in [0.3, 0.4) is 0 Å². The van der Waals surface area contributed by atoms with Gasteiger partial charge >= 0.3 is 0 Å². The summed E-state index contributed by atoms with van der Waals surface area (Å²) in [5.74, 6) is -0.824. The van der Waals surface area contributed by atoms with Gasteiger partial charge in [0.15, 0.2) is 0 Å². The SMILES string of the molecule is NC(=O)c1ncccc1C(=O)N1CCC(Oc2ccc(F)cc2)C1. The van der Waals surface area contributed by atoms with Gasteiger partial charge in [-0.2, -0.15) is 0 Å². The van der Waals surface area contributed by atoms with E-state index in [1.807, 2.05) is 0 Å². The van der Waals surface area contributed by atoms with Gasteiger partial charge in [-0.3, -0.25) is 14.6 Å². The molecule has 1 saturated heterocycles. The van der Waals surface area contributed by atoms with E-state index in [-0.39, 0.29) is 29.1 Å². The van der Waals surface area contributed by atoms with Crippen molar-refractivity contribution in [2.45, 2.75) is 12.5 Å². The number of hydrogen-bond donors (Lipinski definition) is 1. The molecule has 0 aliphatic carbocycles. The van der Waals surface area contributed by atoms with Crippen molar-refractivity contribution in [3.05, 3.63) is 59.7 Å². The molecule has 2 heterocycles. The maximum atomic E-state index is 12.9. The highest BCUT2D eigenvalue weighted by Crippen LogP contribution is 2.21. The lowest BCUT2D eigenvalue weighted by Gasteiger charge is -2.18. The number of carbonyl (C=O) groups is 2. The summed E-state index contributed by atoms with van der Waals surface area (Å²) in [5, 5.41) is 0. The van der Waals surface area contributed by atoms with Crippen molar-refractivity contribution in [1.29, 1.82) is 0 Å². The Morgan fingerprint density at radius 1 is 1.25 bits per heavy atom. The molecule has 3 rings (SSSR count). The molecule has 1 aliphatic rings. The number of benzene rings is 1. The summed E-state index contributed by atoms with van der Waals surface area (Å²) in [6.07, 6.45) is 1.88. The van der Waals surface area contributed by atoms with Gasteiger partial charge in [0, 0.05) is 19.2 Å². The predicted octanol–water partition coefficient (Wildman–Crippen LogP) is 1.61. The van der Waals surface area contributed by atoms with Crippen molar-refractivity contribution in [2.24, 2.45) is 5.73 Å². The molecular formula is C17H16FN3O3. The number of likely N-dealkylation sites (tertiary alicyclic amines) is 1. The third kappa shape index (κ3) is 3.34. The number of pyridine rings is 1. The summed E-state index contributed by atoms with van der Waals surface area (Å²) in [6, 6.07) is 8.86. The van der Waals surface area contributed by atoms with Crippen molar-refractivity contribution >= 4 is 11.8 Å².